The predicted molar refractivity (Wildman–Crippen MR) is 81.3 cm³/mol. The van der Waals surface area contributed by atoms with Gasteiger partial charge in [0.25, 0.3) is 0 Å². The number of fused-ring (bicyclic) bond motifs is 2. The Morgan fingerprint density at radius 2 is 2.05 bits per heavy atom. The maximum Gasteiger partial charge on any atom is 0.0883 e. The number of hydrogen-bond donors (Lipinski definition) is 0. The Bertz CT molecular complexity index is 420. The summed E-state index contributed by atoms with van der Waals surface area (Å²) in [7, 11) is 0. The molecule has 19 heavy (non-hydrogen) atoms. The Morgan fingerprint density at radius 3 is 2.63 bits per heavy atom. The number of rotatable bonds is 4. The van der Waals surface area contributed by atoms with Crippen molar-refractivity contribution < 1.29 is 4.74 Å². The lowest BCUT2D eigenvalue weighted by Gasteiger charge is -2.34. The molecule has 1 heterocycles. The molecule has 1 aromatic heterocycles. The molecule has 1 aromatic rings. The molecule has 2 fully saturated rings. The molecule has 0 aromatic carbocycles. The Labute approximate surface area is 121 Å². The molecule has 0 amide bonds. The van der Waals surface area contributed by atoms with E-state index in [2.05, 4.69) is 44.5 Å². The van der Waals surface area contributed by atoms with Crippen molar-refractivity contribution in [3.63, 3.8) is 0 Å². The van der Waals surface area contributed by atoms with Crippen molar-refractivity contribution in [2.24, 2.45) is 29.6 Å². The number of ether oxygens (including phenoxy) is 1. The van der Waals surface area contributed by atoms with Crippen LogP contribution in [0.25, 0.3) is 0 Å². The molecule has 0 radical (unpaired) electrons. The largest absolute Gasteiger partial charge is 0.371 e. The highest BCUT2D eigenvalue weighted by atomic mass is 32.1. The van der Waals surface area contributed by atoms with Gasteiger partial charge in [0.2, 0.25) is 0 Å². The van der Waals surface area contributed by atoms with E-state index in [1.807, 2.05) is 0 Å². The second-order valence-electron chi connectivity index (χ2n) is 7.21. The molecule has 2 aliphatic rings. The summed E-state index contributed by atoms with van der Waals surface area (Å²) in [6, 6.07) is 2.19. The van der Waals surface area contributed by atoms with Gasteiger partial charge >= 0.3 is 0 Å². The van der Waals surface area contributed by atoms with Crippen molar-refractivity contribution in [3.05, 3.63) is 22.4 Å². The van der Waals surface area contributed by atoms with Gasteiger partial charge < -0.3 is 4.74 Å². The van der Waals surface area contributed by atoms with Crippen LogP contribution in [0.15, 0.2) is 16.8 Å². The summed E-state index contributed by atoms with van der Waals surface area (Å²) >= 11 is 1.76. The van der Waals surface area contributed by atoms with Crippen LogP contribution in [-0.4, -0.2) is 6.61 Å². The molecule has 106 valence electrons. The first-order chi connectivity index (χ1) is 8.99. The summed E-state index contributed by atoms with van der Waals surface area (Å²) in [6.07, 6.45) is 2.85. The van der Waals surface area contributed by atoms with Crippen LogP contribution in [0, 0.1) is 29.6 Å². The van der Waals surface area contributed by atoms with Gasteiger partial charge in [0, 0.05) is 0 Å². The van der Waals surface area contributed by atoms with Gasteiger partial charge in [-0.25, -0.2) is 0 Å². The molecule has 5 unspecified atom stereocenters. The van der Waals surface area contributed by atoms with Crippen molar-refractivity contribution in [1.29, 1.82) is 0 Å². The maximum absolute atomic E-state index is 6.30. The van der Waals surface area contributed by atoms with E-state index in [-0.39, 0.29) is 5.60 Å². The average Bonchev–Trinajstić information content (AvgIpc) is 3.07. The van der Waals surface area contributed by atoms with Gasteiger partial charge in [-0.05, 0) is 78.7 Å². The zero-order valence-corrected chi connectivity index (χ0v) is 13.4. The van der Waals surface area contributed by atoms with E-state index in [0.717, 1.165) is 36.2 Å². The van der Waals surface area contributed by atoms with Crippen LogP contribution in [0.2, 0.25) is 0 Å². The Kier molecular flexibility index (Phi) is 3.51. The highest BCUT2D eigenvalue weighted by Gasteiger charge is 2.48. The molecule has 2 heteroatoms. The first kappa shape index (κ1) is 13.6. The molecule has 1 nitrogen and oxygen atoms in total. The van der Waals surface area contributed by atoms with Gasteiger partial charge in [-0.15, -0.1) is 0 Å². The third-order valence-electron chi connectivity index (χ3n) is 5.91. The fraction of sp³-hybridized carbons (Fsp3) is 0.765. The van der Waals surface area contributed by atoms with Gasteiger partial charge in [-0.3, -0.25) is 0 Å². The lowest BCUT2D eigenvalue weighted by Crippen LogP contribution is -2.31. The second kappa shape index (κ2) is 4.89. The maximum atomic E-state index is 6.30. The molecule has 0 N–H and O–H groups in total. The summed E-state index contributed by atoms with van der Waals surface area (Å²) in [5.74, 6) is 4.52. The molecule has 3 rings (SSSR count). The lowest BCUT2D eigenvalue weighted by atomic mass is 9.76. The van der Waals surface area contributed by atoms with Gasteiger partial charge in [-0.1, -0.05) is 13.8 Å². The van der Waals surface area contributed by atoms with Gasteiger partial charge in [0.1, 0.15) is 0 Å². The molecule has 0 saturated heterocycles. The van der Waals surface area contributed by atoms with Gasteiger partial charge in [0.15, 0.2) is 0 Å². The number of hydrogen-bond acceptors (Lipinski definition) is 2. The van der Waals surface area contributed by atoms with E-state index >= 15 is 0 Å². The molecular formula is C17H26OS. The summed E-state index contributed by atoms with van der Waals surface area (Å²) in [5.41, 5.74) is 1.19. The first-order valence-corrected chi connectivity index (χ1v) is 8.60. The normalized spacial score (nSPS) is 38.0. The van der Waals surface area contributed by atoms with Crippen molar-refractivity contribution in [2.75, 3.05) is 6.61 Å². The topological polar surface area (TPSA) is 9.23 Å². The minimum atomic E-state index is -0.128. The van der Waals surface area contributed by atoms with Crippen molar-refractivity contribution in [2.45, 2.75) is 46.1 Å². The summed E-state index contributed by atoms with van der Waals surface area (Å²) < 4.78 is 6.30. The standard InChI is InChI=1S/C17H26OS/c1-11-12(2)16-8-13(11)7-14(16)9-18-17(3,4)15-5-6-19-10-15/h5-6,10-14,16H,7-9H2,1-4H3. The van der Waals surface area contributed by atoms with Crippen molar-refractivity contribution in [3.8, 4) is 0 Å². The van der Waals surface area contributed by atoms with Crippen LogP contribution in [0.5, 0.6) is 0 Å². The van der Waals surface area contributed by atoms with Crippen LogP contribution < -0.4 is 0 Å². The van der Waals surface area contributed by atoms with E-state index in [9.17, 15) is 0 Å². The summed E-state index contributed by atoms with van der Waals surface area (Å²) in [5, 5.41) is 4.35. The SMILES string of the molecule is CC1C2CC(COC(C)(C)c3ccsc3)C(C2)C1C. The molecule has 0 aliphatic heterocycles. The smallest absolute Gasteiger partial charge is 0.0883 e. The van der Waals surface area contributed by atoms with Gasteiger partial charge in [-0.2, -0.15) is 11.3 Å². The summed E-state index contributed by atoms with van der Waals surface area (Å²) in [4.78, 5) is 0. The van der Waals surface area contributed by atoms with E-state index in [1.54, 1.807) is 11.3 Å². The molecule has 2 saturated carbocycles. The van der Waals surface area contributed by atoms with E-state index in [0.29, 0.717) is 0 Å². The highest BCUT2D eigenvalue weighted by molar-refractivity contribution is 7.08. The Hall–Kier alpha value is -0.340. The van der Waals surface area contributed by atoms with Crippen LogP contribution in [0.3, 0.4) is 0 Å². The fourth-order valence-corrected chi connectivity index (χ4v) is 5.10. The van der Waals surface area contributed by atoms with E-state index < -0.39 is 0 Å². The molecule has 0 spiro atoms. The van der Waals surface area contributed by atoms with Crippen LogP contribution >= 0.6 is 11.3 Å². The zero-order chi connectivity index (χ0) is 13.6. The Morgan fingerprint density at radius 1 is 1.26 bits per heavy atom. The third-order valence-corrected chi connectivity index (χ3v) is 6.59. The minimum Gasteiger partial charge on any atom is -0.371 e. The van der Waals surface area contributed by atoms with Crippen LogP contribution in [0.1, 0.15) is 46.1 Å². The summed E-state index contributed by atoms with van der Waals surface area (Å²) in [6.45, 7) is 10.2. The molecular weight excluding hydrogens is 252 g/mol. The zero-order valence-electron chi connectivity index (χ0n) is 12.6. The molecule has 5 atom stereocenters. The quantitative estimate of drug-likeness (QED) is 0.759. The number of thiophene rings is 1. The van der Waals surface area contributed by atoms with Crippen molar-refractivity contribution in [1.82, 2.24) is 0 Å². The minimum absolute atomic E-state index is 0.128. The first-order valence-electron chi connectivity index (χ1n) is 7.65. The van der Waals surface area contributed by atoms with Gasteiger partial charge in [0.05, 0.1) is 12.2 Å². The van der Waals surface area contributed by atoms with E-state index in [4.69, 9.17) is 4.74 Å². The molecule has 2 aliphatic carbocycles. The monoisotopic (exact) mass is 278 g/mol. The van der Waals surface area contributed by atoms with Crippen molar-refractivity contribution >= 4 is 11.3 Å². The van der Waals surface area contributed by atoms with E-state index in [1.165, 1.54) is 18.4 Å². The third kappa shape index (κ3) is 2.38. The lowest BCUT2D eigenvalue weighted by molar-refractivity contribution is -0.0538. The Balaban J connectivity index is 1.59. The predicted octanol–water partition coefficient (Wildman–Crippen LogP) is 4.93. The highest BCUT2D eigenvalue weighted by Crippen LogP contribution is 2.55. The average molecular weight is 278 g/mol. The van der Waals surface area contributed by atoms with Crippen LogP contribution in [0.4, 0.5) is 0 Å². The van der Waals surface area contributed by atoms with Crippen LogP contribution in [-0.2, 0) is 10.3 Å². The molecule has 2 bridgehead atoms. The second-order valence-corrected chi connectivity index (χ2v) is 7.99. The fourth-order valence-electron chi connectivity index (χ4n) is 4.29.